The van der Waals surface area contributed by atoms with Gasteiger partial charge in [0.25, 0.3) is 0 Å². The van der Waals surface area contributed by atoms with Gasteiger partial charge in [-0.1, -0.05) is 46.6 Å². The van der Waals surface area contributed by atoms with Crippen molar-refractivity contribution in [1.82, 2.24) is 5.32 Å². The molecule has 1 rings (SSSR count). The SMILES string of the molecule is O=[N+]([O-])/C(C(Cl)=C(Cl)Cl)=C1/NCCS1. The molecule has 8 heteroatoms. The van der Waals surface area contributed by atoms with Gasteiger partial charge in [0.05, 0.1) is 4.92 Å². The normalized spacial score (nSPS) is 18.8. The summed E-state index contributed by atoms with van der Waals surface area (Å²) < 4.78 is -0.305. The van der Waals surface area contributed by atoms with Gasteiger partial charge >= 0.3 is 5.70 Å². The molecule has 0 aromatic carbocycles. The maximum absolute atomic E-state index is 10.7. The molecule has 4 nitrogen and oxygen atoms in total. The van der Waals surface area contributed by atoms with E-state index in [1.165, 1.54) is 11.8 Å². The second-order valence-electron chi connectivity index (χ2n) is 2.28. The summed E-state index contributed by atoms with van der Waals surface area (Å²) in [6.45, 7) is 0.668. The molecular formula is C6H5Cl3N2O2S. The Morgan fingerprint density at radius 1 is 1.50 bits per heavy atom. The zero-order chi connectivity index (χ0) is 10.7. The van der Waals surface area contributed by atoms with Crippen LogP contribution in [-0.4, -0.2) is 17.2 Å². The maximum atomic E-state index is 10.7. The zero-order valence-corrected chi connectivity index (χ0v) is 9.80. The Hall–Kier alpha value is -0.100. The fraction of sp³-hybridized carbons (Fsp3) is 0.333. The maximum Gasteiger partial charge on any atom is 0.319 e. The number of hydrogen-bond donors (Lipinski definition) is 1. The van der Waals surface area contributed by atoms with E-state index < -0.39 is 4.92 Å². The van der Waals surface area contributed by atoms with Crippen LogP contribution in [0.3, 0.4) is 0 Å². The predicted molar refractivity (Wildman–Crippen MR) is 59.1 cm³/mol. The Labute approximate surface area is 99.4 Å². The molecule has 0 atom stereocenters. The number of allylic oxidation sites excluding steroid dienone is 1. The van der Waals surface area contributed by atoms with E-state index in [4.69, 9.17) is 34.8 Å². The highest BCUT2D eigenvalue weighted by Crippen LogP contribution is 2.32. The van der Waals surface area contributed by atoms with E-state index >= 15 is 0 Å². The third-order valence-corrected chi connectivity index (χ3v) is 3.38. The Morgan fingerprint density at radius 3 is 2.50 bits per heavy atom. The average Bonchev–Trinajstić information content (AvgIpc) is 2.56. The first-order valence-electron chi connectivity index (χ1n) is 3.50. The van der Waals surface area contributed by atoms with Gasteiger partial charge in [-0.05, 0) is 0 Å². The molecule has 1 N–H and O–H groups in total. The number of thioether (sulfide) groups is 1. The zero-order valence-electron chi connectivity index (χ0n) is 6.72. The fourth-order valence-corrected chi connectivity index (χ4v) is 2.20. The van der Waals surface area contributed by atoms with Crippen LogP contribution in [0.1, 0.15) is 0 Å². The number of nitrogens with zero attached hydrogens (tertiary/aromatic N) is 1. The summed E-state index contributed by atoms with van der Waals surface area (Å²) >= 11 is 17.7. The molecule has 1 saturated heterocycles. The predicted octanol–water partition coefficient (Wildman–Crippen LogP) is 2.65. The van der Waals surface area contributed by atoms with Crippen molar-refractivity contribution >= 4 is 46.6 Å². The molecule has 0 aliphatic carbocycles. The number of nitro groups is 1. The molecule has 1 heterocycles. The minimum absolute atomic E-state index is 0.241. The molecule has 1 aliphatic rings. The first-order chi connectivity index (χ1) is 6.54. The van der Waals surface area contributed by atoms with Crippen molar-refractivity contribution in [3.8, 4) is 0 Å². The molecule has 78 valence electrons. The minimum atomic E-state index is -0.603. The van der Waals surface area contributed by atoms with Gasteiger partial charge in [-0.15, -0.1) is 0 Å². The van der Waals surface area contributed by atoms with Crippen molar-refractivity contribution in [2.75, 3.05) is 12.3 Å². The molecule has 14 heavy (non-hydrogen) atoms. The van der Waals surface area contributed by atoms with Crippen LogP contribution in [0.4, 0.5) is 0 Å². The van der Waals surface area contributed by atoms with E-state index in [1.54, 1.807) is 0 Å². The topological polar surface area (TPSA) is 55.2 Å². The third-order valence-electron chi connectivity index (χ3n) is 1.41. The Kier molecular flexibility index (Phi) is 4.37. The third kappa shape index (κ3) is 2.70. The highest BCUT2D eigenvalue weighted by Gasteiger charge is 2.27. The first-order valence-corrected chi connectivity index (χ1v) is 5.62. The molecule has 0 aromatic rings. The smallest absolute Gasteiger partial charge is 0.319 e. The molecule has 0 radical (unpaired) electrons. The van der Waals surface area contributed by atoms with E-state index in [-0.39, 0.29) is 15.2 Å². The molecule has 0 aromatic heterocycles. The lowest BCUT2D eigenvalue weighted by atomic mass is 10.4. The second-order valence-corrected chi connectivity index (χ2v) is 4.72. The molecule has 0 spiro atoms. The monoisotopic (exact) mass is 274 g/mol. The first kappa shape index (κ1) is 12.0. The van der Waals surface area contributed by atoms with Gasteiger partial charge in [0.2, 0.25) is 0 Å². The molecular weight excluding hydrogens is 271 g/mol. The van der Waals surface area contributed by atoms with Gasteiger partial charge in [-0.25, -0.2) is 0 Å². The van der Waals surface area contributed by atoms with Gasteiger partial charge in [0.1, 0.15) is 9.52 Å². The molecule has 1 aliphatic heterocycles. The van der Waals surface area contributed by atoms with Crippen LogP contribution in [0.25, 0.3) is 0 Å². The van der Waals surface area contributed by atoms with Crippen LogP contribution in [0.2, 0.25) is 0 Å². The van der Waals surface area contributed by atoms with E-state index in [1.807, 2.05) is 0 Å². The van der Waals surface area contributed by atoms with Crippen LogP contribution in [-0.2, 0) is 0 Å². The largest absolute Gasteiger partial charge is 0.373 e. The van der Waals surface area contributed by atoms with Crippen LogP contribution in [0, 0.1) is 10.1 Å². The Morgan fingerprint density at radius 2 is 2.14 bits per heavy atom. The lowest BCUT2D eigenvalue weighted by Crippen LogP contribution is -2.11. The molecule has 0 unspecified atom stereocenters. The van der Waals surface area contributed by atoms with Gasteiger partial charge in [0.15, 0.2) is 5.03 Å². The van der Waals surface area contributed by atoms with Gasteiger partial charge < -0.3 is 5.32 Å². The summed E-state index contributed by atoms with van der Waals surface area (Å²) in [5.74, 6) is 0.761. The summed E-state index contributed by atoms with van der Waals surface area (Å²) in [5, 5.41) is 13.7. The van der Waals surface area contributed by atoms with Crippen molar-refractivity contribution in [2.45, 2.75) is 0 Å². The Balaban J connectivity index is 3.13. The van der Waals surface area contributed by atoms with Gasteiger partial charge in [-0.2, -0.15) is 0 Å². The molecule has 1 fully saturated rings. The van der Waals surface area contributed by atoms with Crippen LogP contribution >= 0.6 is 46.6 Å². The van der Waals surface area contributed by atoms with Crippen molar-refractivity contribution < 1.29 is 4.92 Å². The highest BCUT2D eigenvalue weighted by molar-refractivity contribution is 8.03. The quantitative estimate of drug-likeness (QED) is 0.622. The van der Waals surface area contributed by atoms with Crippen LogP contribution in [0.5, 0.6) is 0 Å². The number of hydrogen-bond acceptors (Lipinski definition) is 4. The Bertz CT molecular complexity index is 317. The summed E-state index contributed by atoms with van der Waals surface area (Å²) in [5.41, 5.74) is -0.269. The average molecular weight is 276 g/mol. The van der Waals surface area contributed by atoms with Crippen molar-refractivity contribution in [3.63, 3.8) is 0 Å². The molecule has 0 bridgehead atoms. The standard InChI is InChI=1S/C6H5Cl3N2O2S/c7-3(5(8)9)4(11(12)13)6-10-1-2-14-6/h10H,1-2H2/b6-4-. The van der Waals surface area contributed by atoms with Crippen molar-refractivity contribution in [3.05, 3.63) is 30.4 Å². The number of nitrogens with one attached hydrogen (secondary N) is 1. The van der Waals surface area contributed by atoms with Crippen molar-refractivity contribution in [1.29, 1.82) is 0 Å². The lowest BCUT2D eigenvalue weighted by molar-refractivity contribution is -0.420. The highest BCUT2D eigenvalue weighted by atomic mass is 35.5. The van der Waals surface area contributed by atoms with Crippen LogP contribution in [0.15, 0.2) is 20.2 Å². The number of rotatable bonds is 2. The summed E-state index contributed by atoms with van der Waals surface area (Å²) in [6.07, 6.45) is 0. The molecule has 0 saturated carbocycles. The van der Waals surface area contributed by atoms with E-state index in [0.717, 1.165) is 5.75 Å². The fourth-order valence-electron chi connectivity index (χ4n) is 0.873. The summed E-state index contributed by atoms with van der Waals surface area (Å²) in [6, 6.07) is 0. The minimum Gasteiger partial charge on any atom is -0.373 e. The van der Waals surface area contributed by atoms with E-state index in [9.17, 15) is 10.1 Å². The van der Waals surface area contributed by atoms with Crippen LogP contribution < -0.4 is 5.32 Å². The molecule has 0 amide bonds. The lowest BCUT2D eigenvalue weighted by Gasteiger charge is -2.01. The second kappa shape index (κ2) is 5.11. The van der Waals surface area contributed by atoms with E-state index in [0.29, 0.717) is 11.6 Å². The van der Waals surface area contributed by atoms with E-state index in [2.05, 4.69) is 5.32 Å². The number of halogens is 3. The van der Waals surface area contributed by atoms with Crippen molar-refractivity contribution in [2.24, 2.45) is 0 Å². The van der Waals surface area contributed by atoms with Gasteiger partial charge in [0, 0.05) is 12.3 Å². The summed E-state index contributed by atoms with van der Waals surface area (Å²) in [7, 11) is 0. The van der Waals surface area contributed by atoms with Gasteiger partial charge in [-0.3, -0.25) is 10.1 Å². The summed E-state index contributed by atoms with van der Waals surface area (Å²) in [4.78, 5) is 10.1.